The Morgan fingerprint density at radius 2 is 2.24 bits per heavy atom. The van der Waals surface area contributed by atoms with Crippen molar-refractivity contribution in [2.45, 2.75) is 13.5 Å². The van der Waals surface area contributed by atoms with E-state index in [1.807, 2.05) is 13.0 Å². The number of methoxy groups -OCH3 is 1. The molecule has 0 saturated carbocycles. The fraction of sp³-hybridized carbons (Fsp3) is 0.500. The lowest BCUT2D eigenvalue weighted by Crippen LogP contribution is -2.38. The number of nitrogens with one attached hydrogen (secondary N) is 1. The number of pyridine rings is 1. The van der Waals surface area contributed by atoms with Gasteiger partial charge in [0.1, 0.15) is 0 Å². The van der Waals surface area contributed by atoms with E-state index in [4.69, 9.17) is 9.84 Å². The van der Waals surface area contributed by atoms with Crippen molar-refractivity contribution in [3.63, 3.8) is 0 Å². The highest BCUT2D eigenvalue weighted by Gasteiger charge is 2.36. The van der Waals surface area contributed by atoms with Crippen LogP contribution in [-0.2, 0) is 11.3 Å². The number of likely N-dealkylation sites (tertiary alicyclic amines) is 1. The van der Waals surface area contributed by atoms with Gasteiger partial charge in [0.05, 0.1) is 13.0 Å². The summed E-state index contributed by atoms with van der Waals surface area (Å²) in [6.45, 7) is 2.91. The Kier molecular flexibility index (Phi) is 4.62. The summed E-state index contributed by atoms with van der Waals surface area (Å²) in [4.78, 5) is 28.7. The summed E-state index contributed by atoms with van der Waals surface area (Å²) < 4.78 is 4.96. The van der Waals surface area contributed by atoms with E-state index >= 15 is 0 Å². The van der Waals surface area contributed by atoms with Crippen LogP contribution in [0.2, 0.25) is 0 Å². The lowest BCUT2D eigenvalue weighted by molar-refractivity contribution is -0.142. The van der Waals surface area contributed by atoms with Crippen LogP contribution >= 0.6 is 0 Å². The lowest BCUT2D eigenvalue weighted by Gasteiger charge is -2.16. The maximum Gasteiger partial charge on any atom is 0.317 e. The van der Waals surface area contributed by atoms with E-state index in [-0.39, 0.29) is 18.5 Å². The molecule has 1 aromatic rings. The molecule has 0 radical (unpaired) electrons. The smallest absolute Gasteiger partial charge is 0.317 e. The van der Waals surface area contributed by atoms with Crippen LogP contribution in [0.1, 0.15) is 12.5 Å². The summed E-state index contributed by atoms with van der Waals surface area (Å²) in [7, 11) is 1.54. The van der Waals surface area contributed by atoms with Gasteiger partial charge >= 0.3 is 12.0 Å². The molecule has 2 N–H and O–H groups in total. The van der Waals surface area contributed by atoms with Gasteiger partial charge in [-0.05, 0) is 11.5 Å². The van der Waals surface area contributed by atoms with Crippen molar-refractivity contribution >= 4 is 12.0 Å². The zero-order valence-electron chi connectivity index (χ0n) is 12.1. The summed E-state index contributed by atoms with van der Waals surface area (Å²) in [6.07, 6.45) is 1.63. The summed E-state index contributed by atoms with van der Waals surface area (Å²) in [5.74, 6) is -0.853. The number of ether oxygens (including phenoxy) is 1. The van der Waals surface area contributed by atoms with Crippen LogP contribution < -0.4 is 10.1 Å². The molecular weight excluding hydrogens is 274 g/mol. The van der Waals surface area contributed by atoms with Gasteiger partial charge < -0.3 is 20.1 Å². The molecule has 21 heavy (non-hydrogen) atoms. The van der Waals surface area contributed by atoms with Gasteiger partial charge in [-0.15, -0.1) is 0 Å². The van der Waals surface area contributed by atoms with E-state index in [1.165, 1.54) is 7.11 Å². The molecule has 1 saturated heterocycles. The number of carboxylic acid groups (broad SMARTS) is 1. The zero-order chi connectivity index (χ0) is 15.4. The molecule has 1 aromatic heterocycles. The second-order valence-electron chi connectivity index (χ2n) is 5.19. The first kappa shape index (κ1) is 15.1. The molecule has 2 amide bonds. The molecule has 2 atom stereocenters. The molecule has 0 aromatic carbocycles. The Bertz CT molecular complexity index is 517. The number of carbonyl (C=O) groups excluding carboxylic acids is 1. The van der Waals surface area contributed by atoms with E-state index in [1.54, 1.807) is 17.2 Å². The fourth-order valence-electron chi connectivity index (χ4n) is 2.38. The first-order valence-corrected chi connectivity index (χ1v) is 6.75. The number of aromatic nitrogens is 1. The average molecular weight is 293 g/mol. The zero-order valence-corrected chi connectivity index (χ0v) is 12.1. The molecule has 0 aliphatic carbocycles. The van der Waals surface area contributed by atoms with Crippen LogP contribution in [0.5, 0.6) is 5.88 Å². The summed E-state index contributed by atoms with van der Waals surface area (Å²) in [5, 5.41) is 11.8. The maximum absolute atomic E-state index is 12.0. The Morgan fingerprint density at radius 3 is 2.76 bits per heavy atom. The number of urea groups is 1. The minimum atomic E-state index is -0.850. The highest BCUT2D eigenvalue weighted by atomic mass is 16.5. The molecule has 0 bridgehead atoms. The Balaban J connectivity index is 1.86. The third-order valence-electron chi connectivity index (χ3n) is 3.67. The predicted octanol–water partition coefficient (Wildman–Crippen LogP) is 0.952. The first-order valence-electron chi connectivity index (χ1n) is 6.75. The van der Waals surface area contributed by atoms with Crippen LogP contribution in [0.15, 0.2) is 18.3 Å². The van der Waals surface area contributed by atoms with Crippen molar-refractivity contribution in [1.82, 2.24) is 15.2 Å². The molecule has 0 spiro atoms. The fourth-order valence-corrected chi connectivity index (χ4v) is 2.38. The van der Waals surface area contributed by atoms with Crippen LogP contribution in [0.4, 0.5) is 4.79 Å². The molecule has 7 heteroatoms. The average Bonchev–Trinajstić information content (AvgIpc) is 2.87. The number of carboxylic acids is 1. The molecule has 1 aliphatic heterocycles. The minimum absolute atomic E-state index is 0.0316. The normalized spacial score (nSPS) is 21.1. The number of aliphatic carboxylic acids is 1. The Morgan fingerprint density at radius 1 is 1.48 bits per heavy atom. The van der Waals surface area contributed by atoms with Crippen LogP contribution in [0.3, 0.4) is 0 Å². The summed E-state index contributed by atoms with van der Waals surface area (Å²) in [5.41, 5.74) is 0.853. The standard InChI is InChI=1S/C14H19N3O4/c1-9-7-17(8-11(9)13(18)19)14(20)16-6-10-3-4-12(21-2)15-5-10/h3-5,9,11H,6-8H2,1-2H3,(H,16,20)(H,18,19)/t9-,11-/m1/s1. The van der Waals surface area contributed by atoms with Gasteiger partial charge in [-0.1, -0.05) is 13.0 Å². The topological polar surface area (TPSA) is 91.8 Å². The second kappa shape index (κ2) is 6.43. The van der Waals surface area contributed by atoms with E-state index in [0.29, 0.717) is 19.0 Å². The quantitative estimate of drug-likeness (QED) is 0.862. The van der Waals surface area contributed by atoms with Gasteiger partial charge in [0.25, 0.3) is 0 Å². The molecule has 0 unspecified atom stereocenters. The number of amides is 2. The molecule has 2 heterocycles. The van der Waals surface area contributed by atoms with Crippen molar-refractivity contribution in [3.8, 4) is 5.88 Å². The first-order chi connectivity index (χ1) is 10.0. The minimum Gasteiger partial charge on any atom is -0.481 e. The number of hydrogen-bond acceptors (Lipinski definition) is 4. The van der Waals surface area contributed by atoms with E-state index in [0.717, 1.165) is 5.56 Å². The van der Waals surface area contributed by atoms with Crippen LogP contribution in [-0.4, -0.2) is 47.2 Å². The summed E-state index contributed by atoms with van der Waals surface area (Å²) in [6, 6.07) is 3.29. The van der Waals surface area contributed by atoms with Gasteiger partial charge in [-0.2, -0.15) is 0 Å². The molecule has 7 nitrogen and oxygen atoms in total. The monoisotopic (exact) mass is 293 g/mol. The molecule has 1 fully saturated rings. The van der Waals surface area contributed by atoms with Gasteiger partial charge in [-0.3, -0.25) is 4.79 Å². The van der Waals surface area contributed by atoms with Crippen molar-refractivity contribution in [1.29, 1.82) is 0 Å². The van der Waals surface area contributed by atoms with E-state index in [2.05, 4.69) is 10.3 Å². The van der Waals surface area contributed by atoms with Crippen molar-refractivity contribution in [2.75, 3.05) is 20.2 Å². The van der Waals surface area contributed by atoms with Gasteiger partial charge in [0.2, 0.25) is 5.88 Å². The van der Waals surface area contributed by atoms with E-state index < -0.39 is 11.9 Å². The predicted molar refractivity (Wildman–Crippen MR) is 74.9 cm³/mol. The molecule has 114 valence electrons. The van der Waals surface area contributed by atoms with Gasteiger partial charge in [-0.25, -0.2) is 9.78 Å². The Labute approximate surface area is 122 Å². The second-order valence-corrected chi connectivity index (χ2v) is 5.19. The largest absolute Gasteiger partial charge is 0.481 e. The van der Waals surface area contributed by atoms with Crippen molar-refractivity contribution < 1.29 is 19.4 Å². The number of carbonyl (C=O) groups is 2. The molecule has 1 aliphatic rings. The summed E-state index contributed by atoms with van der Waals surface area (Å²) >= 11 is 0. The number of hydrogen-bond donors (Lipinski definition) is 2. The highest BCUT2D eigenvalue weighted by Crippen LogP contribution is 2.23. The van der Waals surface area contributed by atoms with Gasteiger partial charge in [0.15, 0.2) is 0 Å². The van der Waals surface area contributed by atoms with Crippen LogP contribution in [0, 0.1) is 11.8 Å². The maximum atomic E-state index is 12.0. The van der Waals surface area contributed by atoms with Crippen molar-refractivity contribution in [3.05, 3.63) is 23.9 Å². The highest BCUT2D eigenvalue weighted by molar-refractivity contribution is 5.77. The number of rotatable bonds is 4. The van der Waals surface area contributed by atoms with Gasteiger partial charge in [0, 0.05) is 31.9 Å². The molecule has 2 rings (SSSR count). The third kappa shape index (κ3) is 3.62. The third-order valence-corrected chi connectivity index (χ3v) is 3.67. The van der Waals surface area contributed by atoms with Crippen molar-refractivity contribution in [2.24, 2.45) is 11.8 Å². The Hall–Kier alpha value is -2.31. The number of nitrogens with zero attached hydrogens (tertiary/aromatic N) is 2. The SMILES string of the molecule is COc1ccc(CNC(=O)N2C[C@@H](C)[C@H](C(=O)O)C2)cn1. The molecular formula is C14H19N3O4. The van der Waals surface area contributed by atoms with Crippen LogP contribution in [0.25, 0.3) is 0 Å². The lowest BCUT2D eigenvalue weighted by atomic mass is 9.99. The van der Waals surface area contributed by atoms with E-state index in [9.17, 15) is 9.59 Å².